The second-order valence-corrected chi connectivity index (χ2v) is 14.2. The van der Waals surface area contributed by atoms with Crippen molar-refractivity contribution in [2.75, 3.05) is 0 Å². The Hall–Kier alpha value is -5.22. The van der Waals surface area contributed by atoms with Gasteiger partial charge in [-0.1, -0.05) is 97.9 Å². The molecule has 0 saturated heterocycles. The van der Waals surface area contributed by atoms with Crippen LogP contribution in [0.3, 0.4) is 0 Å². The normalized spacial score (nSPS) is 11.2. The first-order valence-corrected chi connectivity index (χ1v) is 17.3. The van der Waals surface area contributed by atoms with E-state index in [0.29, 0.717) is 5.71 Å². The molecule has 5 heteroatoms. The van der Waals surface area contributed by atoms with Gasteiger partial charge in [0.05, 0.1) is 11.3 Å². The van der Waals surface area contributed by atoms with Crippen LogP contribution in [0.1, 0.15) is 48.6 Å². The molecule has 8 rings (SSSR count). The van der Waals surface area contributed by atoms with Gasteiger partial charge in [-0.15, -0.1) is 54.1 Å². The fourth-order valence-electron chi connectivity index (χ4n) is 6.77. The molecule has 0 bridgehead atoms. The monoisotopic (exact) mass is 856 g/mol. The second-order valence-electron chi connectivity index (χ2n) is 14.2. The molecule has 0 N–H and O–H groups in total. The average molecular weight is 856 g/mol. The van der Waals surface area contributed by atoms with Gasteiger partial charge in [-0.25, -0.2) is 4.98 Å². The molecule has 0 aliphatic carbocycles. The predicted octanol–water partition coefficient (Wildman–Crippen LogP) is 12.3. The Morgan fingerprint density at radius 1 is 0.596 bits per heavy atom. The fraction of sp³-hybridized carbons (Fsp3) is 0.170. The molecule has 1 radical (unpaired) electrons. The Bertz CT molecular complexity index is 2460. The summed E-state index contributed by atoms with van der Waals surface area (Å²) in [4.78, 5) is 14.1. The van der Waals surface area contributed by atoms with Crippen molar-refractivity contribution in [3.63, 3.8) is 0 Å². The molecular weight excluding hydrogens is 815 g/mol. The van der Waals surface area contributed by atoms with E-state index in [9.17, 15) is 0 Å². The summed E-state index contributed by atoms with van der Waals surface area (Å²) in [6.45, 7) is 15.1. The molecule has 4 aromatic heterocycles. The summed E-state index contributed by atoms with van der Waals surface area (Å²) in [5.74, 6) is 0. The van der Waals surface area contributed by atoms with Crippen LogP contribution in [0.4, 0.5) is 0 Å². The van der Waals surface area contributed by atoms with Gasteiger partial charge >= 0.3 is 0 Å². The molecule has 52 heavy (non-hydrogen) atoms. The van der Waals surface area contributed by atoms with Gasteiger partial charge in [0, 0.05) is 43.4 Å². The Morgan fingerprint density at radius 3 is 1.96 bits per heavy atom. The third kappa shape index (κ3) is 7.53. The molecule has 4 nitrogen and oxygen atoms in total. The molecule has 0 saturated carbocycles. The van der Waals surface area contributed by atoms with Crippen LogP contribution in [-0.4, -0.2) is 15.0 Å². The number of fused-ring (bicyclic) bond motifs is 3. The number of aryl methyl sites for hydroxylation is 4. The largest absolute Gasteiger partial charge is 0.486 e. The molecule has 0 amide bonds. The Morgan fingerprint density at radius 2 is 1.31 bits per heavy atom. The summed E-state index contributed by atoms with van der Waals surface area (Å²) in [6.07, 6.45) is 3.86. The van der Waals surface area contributed by atoms with Gasteiger partial charge in [0.25, 0.3) is 0 Å². The van der Waals surface area contributed by atoms with E-state index in [1.165, 1.54) is 38.9 Å². The van der Waals surface area contributed by atoms with Crippen LogP contribution in [0.2, 0.25) is 0 Å². The first-order chi connectivity index (χ1) is 24.6. The zero-order valence-electron chi connectivity index (χ0n) is 30.6. The van der Waals surface area contributed by atoms with Crippen LogP contribution in [0.25, 0.3) is 67.0 Å². The van der Waals surface area contributed by atoms with Gasteiger partial charge < -0.3 is 14.4 Å². The van der Waals surface area contributed by atoms with Crippen molar-refractivity contribution in [2.24, 2.45) is 0 Å². The van der Waals surface area contributed by atoms with Crippen molar-refractivity contribution in [3.05, 3.63) is 162 Å². The third-order valence-electron chi connectivity index (χ3n) is 9.27. The first-order valence-electron chi connectivity index (χ1n) is 17.3. The SMILES string of the molecule is Cc1cc(-c2[c-]ccc3c2oc2nc(-c4c(C)cc(-c5ccccc5)cc4C)ccc23)ncc1C(C)(C)C.Cc1ccc(-c2[c-]cccc2)nc1.[Ir]. The standard InChI is InChI=1S/C35H31N2O.C12H10N.Ir/c1-21-19-31(36-20-29(21)35(4,5)6)28-14-10-13-26-27-15-16-30(37-34(27)38-33(26)28)32-22(2)17-25(18-23(32)3)24-11-8-7-9-12-24;1-10-7-8-12(13-9-10)11-5-3-2-4-6-11;/h7-13,15-20H,1-6H3;2-5,7-9H,1H3;/q2*-1;. The van der Waals surface area contributed by atoms with Crippen LogP contribution in [-0.2, 0) is 25.5 Å². The molecule has 4 heterocycles. The van der Waals surface area contributed by atoms with Crippen molar-refractivity contribution in [3.8, 4) is 44.9 Å². The van der Waals surface area contributed by atoms with E-state index in [0.717, 1.165) is 50.1 Å². The van der Waals surface area contributed by atoms with Crippen LogP contribution in [0.15, 0.2) is 126 Å². The molecule has 0 fully saturated rings. The topological polar surface area (TPSA) is 51.8 Å². The first kappa shape index (κ1) is 36.6. The summed E-state index contributed by atoms with van der Waals surface area (Å²) in [6, 6.07) is 43.8. The molecule has 261 valence electrons. The summed E-state index contributed by atoms with van der Waals surface area (Å²) >= 11 is 0. The van der Waals surface area contributed by atoms with Crippen molar-refractivity contribution >= 4 is 22.1 Å². The van der Waals surface area contributed by atoms with Crippen molar-refractivity contribution in [2.45, 2.75) is 53.9 Å². The number of rotatable bonds is 4. The van der Waals surface area contributed by atoms with Crippen LogP contribution in [0.5, 0.6) is 0 Å². The molecular formula is C47H41IrN3O-2. The van der Waals surface area contributed by atoms with E-state index < -0.39 is 0 Å². The van der Waals surface area contributed by atoms with Crippen molar-refractivity contribution < 1.29 is 24.5 Å². The van der Waals surface area contributed by atoms with Crippen molar-refractivity contribution in [1.82, 2.24) is 15.0 Å². The Kier molecular flexibility index (Phi) is 10.7. The second kappa shape index (κ2) is 15.2. The van der Waals surface area contributed by atoms with Crippen molar-refractivity contribution in [1.29, 1.82) is 0 Å². The summed E-state index contributed by atoms with van der Waals surface area (Å²) in [5, 5.41) is 2.03. The van der Waals surface area contributed by atoms with Gasteiger partial charge in [0.1, 0.15) is 0 Å². The fourth-order valence-corrected chi connectivity index (χ4v) is 6.77. The van der Waals surface area contributed by atoms with Crippen LogP contribution < -0.4 is 0 Å². The molecule has 0 atom stereocenters. The minimum atomic E-state index is 0. The predicted molar refractivity (Wildman–Crippen MR) is 211 cm³/mol. The van der Waals surface area contributed by atoms with Gasteiger partial charge in [-0.3, -0.25) is 0 Å². The molecule has 0 aliphatic rings. The zero-order chi connectivity index (χ0) is 35.7. The minimum absolute atomic E-state index is 0. The zero-order valence-corrected chi connectivity index (χ0v) is 33.0. The van der Waals surface area contributed by atoms with E-state index in [1.807, 2.05) is 67.8 Å². The number of pyridine rings is 3. The minimum Gasteiger partial charge on any atom is -0.486 e. The van der Waals surface area contributed by atoms with Gasteiger partial charge in [-0.05, 0) is 90.0 Å². The quantitative estimate of drug-likeness (QED) is 0.166. The number of hydrogen-bond acceptors (Lipinski definition) is 4. The molecule has 0 aliphatic heterocycles. The van der Waals surface area contributed by atoms with E-state index in [4.69, 9.17) is 14.4 Å². The van der Waals surface area contributed by atoms with Crippen LogP contribution in [0, 0.1) is 39.8 Å². The molecule has 8 aromatic rings. The Labute approximate surface area is 320 Å². The number of furan rings is 1. The number of benzene rings is 4. The summed E-state index contributed by atoms with van der Waals surface area (Å²) in [5.41, 5.74) is 15.7. The Balaban J connectivity index is 0.000000279. The van der Waals surface area contributed by atoms with E-state index in [1.54, 1.807) is 0 Å². The van der Waals surface area contributed by atoms with Crippen LogP contribution >= 0.6 is 0 Å². The van der Waals surface area contributed by atoms with Gasteiger partial charge in [0.2, 0.25) is 5.71 Å². The third-order valence-corrected chi connectivity index (χ3v) is 9.27. The van der Waals surface area contributed by atoms with Gasteiger partial charge in [-0.2, -0.15) is 0 Å². The number of nitrogens with zero attached hydrogens (tertiary/aromatic N) is 3. The van der Waals surface area contributed by atoms with E-state index in [-0.39, 0.29) is 25.5 Å². The maximum atomic E-state index is 6.43. The molecule has 0 spiro atoms. The molecule has 4 aromatic carbocycles. The summed E-state index contributed by atoms with van der Waals surface area (Å²) < 4.78 is 6.43. The van der Waals surface area contributed by atoms with Gasteiger partial charge in [0.15, 0.2) is 0 Å². The number of aromatic nitrogens is 3. The van der Waals surface area contributed by atoms with E-state index in [2.05, 4.69) is 119 Å². The molecule has 0 unspecified atom stereocenters. The number of hydrogen-bond donors (Lipinski definition) is 0. The van der Waals surface area contributed by atoms with E-state index >= 15 is 0 Å². The maximum Gasteiger partial charge on any atom is 0.216 e. The maximum absolute atomic E-state index is 6.43. The average Bonchev–Trinajstić information content (AvgIpc) is 3.50. The smallest absolute Gasteiger partial charge is 0.216 e. The summed E-state index contributed by atoms with van der Waals surface area (Å²) in [7, 11) is 0.